The van der Waals surface area contributed by atoms with Crippen LogP contribution < -0.4 is 5.73 Å². The van der Waals surface area contributed by atoms with Crippen LogP contribution in [0.2, 0.25) is 0 Å². The third-order valence-corrected chi connectivity index (χ3v) is 1.57. The van der Waals surface area contributed by atoms with Gasteiger partial charge >= 0.3 is 0 Å². The normalized spacial score (nSPS) is 18.6. The molecule has 1 aliphatic rings. The van der Waals surface area contributed by atoms with Gasteiger partial charge in [0.1, 0.15) is 12.3 Å². The van der Waals surface area contributed by atoms with Crippen LogP contribution >= 0.6 is 0 Å². The zero-order valence-electron chi connectivity index (χ0n) is 6.27. The fraction of sp³-hybridized carbons (Fsp3) is 0.286. The van der Waals surface area contributed by atoms with E-state index in [2.05, 4.69) is 0 Å². The molecule has 0 unspecified atom stereocenters. The molecule has 12 heavy (non-hydrogen) atoms. The number of hydrogen-bond acceptors (Lipinski definition) is 4. The molecule has 0 aromatic carbocycles. The lowest BCUT2D eigenvalue weighted by Crippen LogP contribution is -2.45. The summed E-state index contributed by atoms with van der Waals surface area (Å²) in [5, 5.41) is 0. The number of nitrogens with zero attached hydrogens (tertiary/aromatic N) is 1. The quantitative estimate of drug-likeness (QED) is 0.408. The number of amides is 2. The van der Waals surface area contributed by atoms with Gasteiger partial charge in [-0.1, -0.05) is 0 Å². The number of carbonyl (C=O) groups is 3. The van der Waals surface area contributed by atoms with E-state index in [1.54, 1.807) is 0 Å². The van der Waals surface area contributed by atoms with Crippen LogP contribution in [0.3, 0.4) is 0 Å². The van der Waals surface area contributed by atoms with Crippen molar-refractivity contribution in [3.05, 3.63) is 12.2 Å². The molecule has 0 bridgehead atoms. The van der Waals surface area contributed by atoms with Crippen LogP contribution in [0.5, 0.6) is 0 Å². The second-order valence-corrected chi connectivity index (χ2v) is 2.32. The molecule has 2 N–H and O–H groups in total. The van der Waals surface area contributed by atoms with Crippen molar-refractivity contribution >= 4 is 18.1 Å². The lowest BCUT2D eigenvalue weighted by Gasteiger charge is -2.18. The minimum absolute atomic E-state index is 0.0390. The van der Waals surface area contributed by atoms with Crippen molar-refractivity contribution in [2.24, 2.45) is 5.73 Å². The molecule has 0 spiro atoms. The van der Waals surface area contributed by atoms with Gasteiger partial charge in [-0.15, -0.1) is 0 Å². The summed E-state index contributed by atoms with van der Waals surface area (Å²) in [4.78, 5) is 33.1. The number of imide groups is 1. The standard InChI is InChI=1S/C7H8N2O3/c8-3-5(4-10)9-6(11)1-2-7(9)12/h1-2,4-5H,3,8H2/t5-/m1/s1. The first-order chi connectivity index (χ1) is 5.70. The third kappa shape index (κ3) is 1.26. The van der Waals surface area contributed by atoms with Crippen LogP contribution in [-0.2, 0) is 14.4 Å². The maximum absolute atomic E-state index is 10.9. The lowest BCUT2D eigenvalue weighted by molar-refractivity contribution is -0.141. The largest absolute Gasteiger partial charge is 0.328 e. The molecule has 1 aliphatic heterocycles. The van der Waals surface area contributed by atoms with Gasteiger partial charge in [0.15, 0.2) is 0 Å². The van der Waals surface area contributed by atoms with Gasteiger partial charge in [0, 0.05) is 18.7 Å². The number of nitrogens with two attached hydrogens (primary N) is 1. The van der Waals surface area contributed by atoms with E-state index in [9.17, 15) is 14.4 Å². The molecule has 1 rings (SSSR count). The predicted octanol–water partition coefficient (Wildman–Crippen LogP) is -1.56. The minimum atomic E-state index is -0.833. The van der Waals surface area contributed by atoms with Gasteiger partial charge in [-0.2, -0.15) is 0 Å². The Bertz CT molecular complexity index is 241. The van der Waals surface area contributed by atoms with Crippen LogP contribution in [0.25, 0.3) is 0 Å². The summed E-state index contributed by atoms with van der Waals surface area (Å²) in [6, 6.07) is -0.833. The zero-order chi connectivity index (χ0) is 9.14. The van der Waals surface area contributed by atoms with Crippen LogP contribution in [-0.4, -0.2) is 35.6 Å². The van der Waals surface area contributed by atoms with Gasteiger partial charge in [0.2, 0.25) is 0 Å². The number of carbonyl (C=O) groups excluding carboxylic acids is 3. The van der Waals surface area contributed by atoms with E-state index in [0.29, 0.717) is 6.29 Å². The van der Waals surface area contributed by atoms with Crippen LogP contribution in [0.15, 0.2) is 12.2 Å². The smallest absolute Gasteiger partial charge is 0.254 e. The average Bonchev–Trinajstić information content (AvgIpc) is 2.38. The Morgan fingerprint density at radius 2 is 1.92 bits per heavy atom. The van der Waals surface area contributed by atoms with Crippen molar-refractivity contribution in [1.29, 1.82) is 0 Å². The van der Waals surface area contributed by atoms with Crippen molar-refractivity contribution in [3.8, 4) is 0 Å². The molecular weight excluding hydrogens is 160 g/mol. The highest BCUT2D eigenvalue weighted by Gasteiger charge is 2.29. The molecule has 64 valence electrons. The van der Waals surface area contributed by atoms with Crippen molar-refractivity contribution < 1.29 is 14.4 Å². The first-order valence-electron chi connectivity index (χ1n) is 3.41. The highest BCUT2D eigenvalue weighted by molar-refractivity contribution is 6.14. The van der Waals surface area contributed by atoms with E-state index >= 15 is 0 Å². The van der Waals surface area contributed by atoms with Gasteiger partial charge in [0.25, 0.3) is 11.8 Å². The molecule has 1 heterocycles. The van der Waals surface area contributed by atoms with E-state index in [1.807, 2.05) is 0 Å². The lowest BCUT2D eigenvalue weighted by atomic mass is 10.3. The van der Waals surface area contributed by atoms with E-state index in [0.717, 1.165) is 17.1 Å². The van der Waals surface area contributed by atoms with Crippen LogP contribution in [0, 0.1) is 0 Å². The molecule has 1 atom stereocenters. The number of aldehydes is 1. The molecule has 0 aromatic heterocycles. The topological polar surface area (TPSA) is 80.5 Å². The second kappa shape index (κ2) is 3.27. The summed E-state index contributed by atoms with van der Waals surface area (Å²) in [6.45, 7) is -0.0390. The highest BCUT2D eigenvalue weighted by Crippen LogP contribution is 2.06. The minimum Gasteiger partial charge on any atom is -0.328 e. The molecule has 2 amide bonds. The highest BCUT2D eigenvalue weighted by atomic mass is 16.2. The van der Waals surface area contributed by atoms with E-state index in [-0.39, 0.29) is 6.54 Å². The van der Waals surface area contributed by atoms with Crippen molar-refractivity contribution in [2.75, 3.05) is 6.54 Å². The Balaban J connectivity index is 2.80. The average molecular weight is 168 g/mol. The maximum Gasteiger partial charge on any atom is 0.254 e. The number of rotatable bonds is 3. The van der Waals surface area contributed by atoms with Gasteiger partial charge in [-0.05, 0) is 0 Å². The maximum atomic E-state index is 10.9. The summed E-state index contributed by atoms with van der Waals surface area (Å²) >= 11 is 0. The van der Waals surface area contributed by atoms with Crippen molar-refractivity contribution in [1.82, 2.24) is 4.90 Å². The molecular formula is C7H8N2O3. The van der Waals surface area contributed by atoms with Crippen molar-refractivity contribution in [2.45, 2.75) is 6.04 Å². The Labute approximate surface area is 68.8 Å². The van der Waals surface area contributed by atoms with E-state index < -0.39 is 17.9 Å². The van der Waals surface area contributed by atoms with Crippen molar-refractivity contribution in [3.63, 3.8) is 0 Å². The summed E-state index contributed by atoms with van der Waals surface area (Å²) in [6.07, 6.45) is 2.73. The molecule has 0 radical (unpaired) electrons. The zero-order valence-corrected chi connectivity index (χ0v) is 6.27. The fourth-order valence-corrected chi connectivity index (χ4v) is 0.960. The van der Waals surface area contributed by atoms with Crippen LogP contribution in [0.1, 0.15) is 0 Å². The third-order valence-electron chi connectivity index (χ3n) is 1.57. The van der Waals surface area contributed by atoms with Gasteiger partial charge < -0.3 is 10.5 Å². The summed E-state index contributed by atoms with van der Waals surface area (Å²) < 4.78 is 0. The molecule has 5 heteroatoms. The van der Waals surface area contributed by atoms with E-state index in [1.165, 1.54) is 0 Å². The first-order valence-corrected chi connectivity index (χ1v) is 3.41. The Morgan fingerprint density at radius 1 is 1.42 bits per heavy atom. The Morgan fingerprint density at radius 3 is 2.25 bits per heavy atom. The molecule has 0 fully saturated rings. The predicted molar refractivity (Wildman–Crippen MR) is 39.9 cm³/mol. The van der Waals surface area contributed by atoms with Gasteiger partial charge in [-0.3, -0.25) is 14.5 Å². The summed E-state index contributed by atoms with van der Waals surface area (Å²) in [5.41, 5.74) is 5.18. The van der Waals surface area contributed by atoms with Gasteiger partial charge in [-0.25, -0.2) is 0 Å². The van der Waals surface area contributed by atoms with Crippen LogP contribution in [0.4, 0.5) is 0 Å². The van der Waals surface area contributed by atoms with E-state index in [4.69, 9.17) is 5.73 Å². The molecule has 0 saturated heterocycles. The molecule has 0 saturated carbocycles. The number of hydrogen-bond donors (Lipinski definition) is 1. The van der Waals surface area contributed by atoms with Gasteiger partial charge in [0.05, 0.1) is 0 Å². The molecule has 5 nitrogen and oxygen atoms in total. The monoisotopic (exact) mass is 168 g/mol. The second-order valence-electron chi connectivity index (χ2n) is 2.32. The Hall–Kier alpha value is -1.49. The molecule has 0 aliphatic carbocycles. The molecule has 0 aromatic rings. The summed E-state index contributed by atoms with van der Waals surface area (Å²) in [5.74, 6) is -0.967. The fourth-order valence-electron chi connectivity index (χ4n) is 0.960. The summed E-state index contributed by atoms with van der Waals surface area (Å²) in [7, 11) is 0. The SMILES string of the molecule is NC[C@H](C=O)N1C(=O)C=CC1=O. The Kier molecular flexibility index (Phi) is 2.35. The first kappa shape index (κ1) is 8.61.